The van der Waals surface area contributed by atoms with Gasteiger partial charge in [-0.05, 0) is 44.0 Å². The number of nitrogens with zero attached hydrogens (tertiary/aromatic N) is 3. The van der Waals surface area contributed by atoms with Gasteiger partial charge < -0.3 is 13.9 Å². The van der Waals surface area contributed by atoms with Crippen molar-refractivity contribution in [3.8, 4) is 11.3 Å². The van der Waals surface area contributed by atoms with E-state index in [-0.39, 0.29) is 23.5 Å². The smallest absolute Gasteiger partial charge is 0.293 e. The maximum Gasteiger partial charge on any atom is 0.293 e. The number of hydrogen-bond donors (Lipinski definition) is 0. The molecule has 0 bridgehead atoms. The highest BCUT2D eigenvalue weighted by molar-refractivity contribution is 5.92. The Labute approximate surface area is 143 Å². The monoisotopic (exact) mass is 341 g/mol. The summed E-state index contributed by atoms with van der Waals surface area (Å²) in [4.78, 5) is 14.5. The first-order valence-electron chi connectivity index (χ1n) is 8.08. The Hall–Kier alpha value is -2.96. The molecule has 1 aliphatic heterocycles. The van der Waals surface area contributed by atoms with Crippen LogP contribution < -0.4 is 0 Å². The molecule has 0 spiro atoms. The summed E-state index contributed by atoms with van der Waals surface area (Å²) in [5.74, 6) is 0.271. The molecule has 0 N–H and O–H groups in total. The van der Waals surface area contributed by atoms with E-state index in [0.717, 1.165) is 18.5 Å². The topological polar surface area (TPSA) is 72.4 Å². The molecule has 4 rings (SSSR count). The average molecular weight is 341 g/mol. The van der Waals surface area contributed by atoms with Gasteiger partial charge in [-0.15, -0.1) is 0 Å². The van der Waals surface area contributed by atoms with Crippen LogP contribution in [0.15, 0.2) is 45.4 Å². The molecule has 0 saturated carbocycles. The predicted octanol–water partition coefficient (Wildman–Crippen LogP) is 3.75. The normalized spacial score (nSPS) is 17.2. The molecule has 7 heteroatoms. The Kier molecular flexibility index (Phi) is 3.83. The van der Waals surface area contributed by atoms with E-state index in [2.05, 4.69) is 10.3 Å². The minimum atomic E-state index is -0.328. The number of halogens is 1. The number of likely N-dealkylation sites (tertiary alicyclic amines) is 1. The van der Waals surface area contributed by atoms with Gasteiger partial charge in [0.1, 0.15) is 11.5 Å². The molecule has 25 heavy (non-hydrogen) atoms. The van der Waals surface area contributed by atoms with Crippen LogP contribution in [0.4, 0.5) is 4.39 Å². The van der Waals surface area contributed by atoms with Crippen LogP contribution in [0.5, 0.6) is 0 Å². The Bertz CT molecular complexity index is 900. The maximum atomic E-state index is 13.0. The van der Waals surface area contributed by atoms with Gasteiger partial charge in [-0.3, -0.25) is 4.79 Å². The lowest BCUT2D eigenvalue weighted by Crippen LogP contribution is -2.30. The molecular formula is C18H16FN3O3. The lowest BCUT2D eigenvalue weighted by atomic mass is 10.1. The second kappa shape index (κ2) is 6.16. The van der Waals surface area contributed by atoms with Gasteiger partial charge in [0.25, 0.3) is 5.91 Å². The lowest BCUT2D eigenvalue weighted by molar-refractivity contribution is 0.0672. The first kappa shape index (κ1) is 15.6. The minimum absolute atomic E-state index is 0.145. The Morgan fingerprint density at radius 1 is 1.20 bits per heavy atom. The van der Waals surface area contributed by atoms with E-state index >= 15 is 0 Å². The van der Waals surface area contributed by atoms with Crippen molar-refractivity contribution in [2.24, 2.45) is 0 Å². The van der Waals surface area contributed by atoms with Crippen LogP contribution in [0.2, 0.25) is 0 Å². The van der Waals surface area contributed by atoms with E-state index in [9.17, 15) is 9.18 Å². The Balaban J connectivity index is 1.57. The third kappa shape index (κ3) is 2.93. The molecule has 3 aromatic rings. The fraction of sp³-hybridized carbons (Fsp3) is 0.278. The largest absolute Gasteiger partial charge is 0.359 e. The Morgan fingerprint density at radius 2 is 2.00 bits per heavy atom. The molecule has 0 unspecified atom stereocenters. The van der Waals surface area contributed by atoms with Crippen molar-refractivity contribution in [2.45, 2.75) is 25.8 Å². The van der Waals surface area contributed by atoms with Crippen LogP contribution in [0.3, 0.4) is 0 Å². The van der Waals surface area contributed by atoms with E-state index < -0.39 is 0 Å². The van der Waals surface area contributed by atoms with Crippen LogP contribution in [0, 0.1) is 12.7 Å². The van der Waals surface area contributed by atoms with Crippen LogP contribution >= 0.6 is 0 Å². The summed E-state index contributed by atoms with van der Waals surface area (Å²) in [6, 6.07) is 9.15. The zero-order chi connectivity index (χ0) is 17.4. The van der Waals surface area contributed by atoms with Crippen molar-refractivity contribution in [2.75, 3.05) is 6.54 Å². The second-order valence-corrected chi connectivity index (χ2v) is 6.11. The zero-order valence-corrected chi connectivity index (χ0v) is 13.6. The zero-order valence-electron chi connectivity index (χ0n) is 13.6. The number of rotatable bonds is 3. The summed E-state index contributed by atoms with van der Waals surface area (Å²) in [7, 11) is 0. The van der Waals surface area contributed by atoms with Crippen molar-refractivity contribution in [3.05, 3.63) is 59.4 Å². The molecule has 6 nitrogen and oxygen atoms in total. The molecule has 1 aliphatic rings. The third-order valence-electron chi connectivity index (χ3n) is 4.35. The highest BCUT2D eigenvalue weighted by atomic mass is 19.1. The SMILES string of the molecule is Cc1cc([C@H]2CCCN2C(=O)c2cc(-c3ccc(F)cc3)no2)on1. The lowest BCUT2D eigenvalue weighted by Gasteiger charge is -2.20. The van der Waals surface area contributed by atoms with Crippen molar-refractivity contribution >= 4 is 5.91 Å². The first-order chi connectivity index (χ1) is 12.1. The van der Waals surface area contributed by atoms with Crippen LogP contribution in [0.1, 0.15) is 40.9 Å². The molecular weight excluding hydrogens is 325 g/mol. The van der Waals surface area contributed by atoms with Gasteiger partial charge in [0, 0.05) is 24.2 Å². The standard InChI is InChI=1S/C18H16FN3O3/c1-11-9-16(24-20-11)15-3-2-8-22(15)18(23)17-10-14(21-25-17)12-4-6-13(19)7-5-12/h4-7,9-10,15H,2-3,8H2,1H3/t15-/m1/s1. The molecule has 1 aromatic carbocycles. The Morgan fingerprint density at radius 3 is 2.72 bits per heavy atom. The van der Waals surface area contributed by atoms with Gasteiger partial charge in [0.05, 0.1) is 11.7 Å². The number of aryl methyl sites for hydroxylation is 1. The summed E-state index contributed by atoms with van der Waals surface area (Å²) in [6.07, 6.45) is 1.70. The van der Waals surface area contributed by atoms with Gasteiger partial charge in [-0.2, -0.15) is 0 Å². The first-order valence-corrected chi connectivity index (χ1v) is 8.08. The molecule has 128 valence electrons. The highest BCUT2D eigenvalue weighted by Crippen LogP contribution is 2.34. The molecule has 0 radical (unpaired) electrons. The van der Waals surface area contributed by atoms with E-state index in [1.807, 2.05) is 13.0 Å². The fourth-order valence-corrected chi connectivity index (χ4v) is 3.12. The van der Waals surface area contributed by atoms with Crippen molar-refractivity contribution in [1.29, 1.82) is 0 Å². The van der Waals surface area contributed by atoms with Gasteiger partial charge in [0.15, 0.2) is 5.76 Å². The van der Waals surface area contributed by atoms with E-state index in [1.54, 1.807) is 23.1 Å². The number of carbonyl (C=O) groups is 1. The number of aromatic nitrogens is 2. The predicted molar refractivity (Wildman–Crippen MR) is 86.1 cm³/mol. The molecule has 2 aromatic heterocycles. The van der Waals surface area contributed by atoms with Crippen molar-refractivity contribution < 1.29 is 18.2 Å². The van der Waals surface area contributed by atoms with E-state index in [4.69, 9.17) is 9.05 Å². The summed E-state index contributed by atoms with van der Waals surface area (Å²) < 4.78 is 23.6. The summed E-state index contributed by atoms with van der Waals surface area (Å²) in [6.45, 7) is 2.47. The number of hydrogen-bond acceptors (Lipinski definition) is 5. The highest BCUT2D eigenvalue weighted by Gasteiger charge is 2.34. The second-order valence-electron chi connectivity index (χ2n) is 6.11. The summed E-state index contributed by atoms with van der Waals surface area (Å²) >= 11 is 0. The van der Waals surface area contributed by atoms with Crippen LogP contribution in [0.25, 0.3) is 11.3 Å². The third-order valence-corrected chi connectivity index (χ3v) is 4.35. The molecule has 1 saturated heterocycles. The van der Waals surface area contributed by atoms with Crippen LogP contribution in [-0.2, 0) is 0 Å². The quantitative estimate of drug-likeness (QED) is 0.725. The number of amides is 1. The maximum absolute atomic E-state index is 13.0. The molecule has 1 amide bonds. The van der Waals surface area contributed by atoms with Gasteiger partial charge >= 0.3 is 0 Å². The van der Waals surface area contributed by atoms with Crippen LogP contribution in [-0.4, -0.2) is 27.7 Å². The summed E-state index contributed by atoms with van der Waals surface area (Å²) in [5.41, 5.74) is 1.97. The fourth-order valence-electron chi connectivity index (χ4n) is 3.12. The minimum Gasteiger partial charge on any atom is -0.359 e. The number of benzene rings is 1. The summed E-state index contributed by atoms with van der Waals surface area (Å²) in [5, 5.41) is 7.83. The van der Waals surface area contributed by atoms with E-state index in [1.165, 1.54) is 12.1 Å². The van der Waals surface area contributed by atoms with Gasteiger partial charge in [-0.25, -0.2) is 4.39 Å². The molecule has 3 heterocycles. The molecule has 0 aliphatic carbocycles. The van der Waals surface area contributed by atoms with E-state index in [0.29, 0.717) is 23.6 Å². The van der Waals surface area contributed by atoms with Crippen molar-refractivity contribution in [1.82, 2.24) is 15.2 Å². The number of carbonyl (C=O) groups excluding carboxylic acids is 1. The van der Waals surface area contributed by atoms with Gasteiger partial charge in [-0.1, -0.05) is 10.3 Å². The molecule has 1 atom stereocenters. The molecule has 1 fully saturated rings. The van der Waals surface area contributed by atoms with Gasteiger partial charge in [0.2, 0.25) is 5.76 Å². The van der Waals surface area contributed by atoms with Crippen molar-refractivity contribution in [3.63, 3.8) is 0 Å². The average Bonchev–Trinajstić information content (AvgIpc) is 3.35.